The van der Waals surface area contributed by atoms with Crippen LogP contribution in [0.3, 0.4) is 0 Å². The third kappa shape index (κ3) is 3.75. The highest BCUT2D eigenvalue weighted by Crippen LogP contribution is 2.23. The molecule has 2 unspecified atom stereocenters. The van der Waals surface area contributed by atoms with Gasteiger partial charge in [-0.1, -0.05) is 5.16 Å². The van der Waals surface area contributed by atoms with Gasteiger partial charge in [0.2, 0.25) is 11.7 Å². The second-order valence-corrected chi connectivity index (χ2v) is 5.98. The molecule has 0 bridgehead atoms. The highest BCUT2D eigenvalue weighted by Gasteiger charge is 2.28. The molecular formula is C17H24N4O3. The highest BCUT2D eigenvalue weighted by atomic mass is 16.5. The summed E-state index contributed by atoms with van der Waals surface area (Å²) in [6.45, 7) is 2.13. The minimum Gasteiger partial charge on any atom is -0.497 e. The maximum absolute atomic E-state index is 5.91. The van der Waals surface area contributed by atoms with E-state index in [0.717, 1.165) is 30.7 Å². The first-order valence-corrected chi connectivity index (χ1v) is 8.17. The van der Waals surface area contributed by atoms with E-state index in [-0.39, 0.29) is 12.1 Å². The van der Waals surface area contributed by atoms with Gasteiger partial charge in [-0.2, -0.15) is 4.98 Å². The maximum Gasteiger partial charge on any atom is 0.241 e. The third-order valence-electron chi connectivity index (χ3n) is 4.55. The first-order valence-electron chi connectivity index (χ1n) is 8.17. The molecule has 0 spiro atoms. The van der Waals surface area contributed by atoms with E-state index in [9.17, 15) is 0 Å². The van der Waals surface area contributed by atoms with Crippen LogP contribution >= 0.6 is 0 Å². The fourth-order valence-corrected chi connectivity index (χ4v) is 3.08. The largest absolute Gasteiger partial charge is 0.497 e. The number of ether oxygens (including phenoxy) is 2. The average molecular weight is 332 g/mol. The predicted molar refractivity (Wildman–Crippen MR) is 89.6 cm³/mol. The van der Waals surface area contributed by atoms with Gasteiger partial charge in [-0.05, 0) is 37.1 Å². The predicted octanol–water partition coefficient (Wildman–Crippen LogP) is 1.68. The van der Waals surface area contributed by atoms with Crippen molar-refractivity contribution in [3.63, 3.8) is 0 Å². The Bertz CT molecular complexity index is 644. The lowest BCUT2D eigenvalue weighted by Crippen LogP contribution is -2.48. The number of methoxy groups -OCH3 is 2. The Kier molecular flexibility index (Phi) is 5.44. The first kappa shape index (κ1) is 16.9. The van der Waals surface area contributed by atoms with Crippen LogP contribution in [0.1, 0.15) is 18.7 Å². The van der Waals surface area contributed by atoms with Crippen LogP contribution in [0.15, 0.2) is 28.8 Å². The maximum atomic E-state index is 5.91. The second-order valence-electron chi connectivity index (χ2n) is 5.98. The molecular weight excluding hydrogens is 308 g/mol. The number of benzene rings is 1. The van der Waals surface area contributed by atoms with Crippen molar-refractivity contribution in [3.8, 4) is 17.1 Å². The molecule has 2 N–H and O–H groups in total. The topological polar surface area (TPSA) is 86.6 Å². The molecule has 1 aromatic heterocycles. The van der Waals surface area contributed by atoms with Gasteiger partial charge in [-0.3, -0.25) is 4.90 Å². The number of nitrogens with zero attached hydrogens (tertiary/aromatic N) is 3. The Balaban J connectivity index is 1.67. The summed E-state index contributed by atoms with van der Waals surface area (Å²) in [5.74, 6) is 1.99. The molecule has 2 atom stereocenters. The van der Waals surface area contributed by atoms with E-state index in [1.807, 2.05) is 24.3 Å². The number of aromatic nitrogens is 2. The Morgan fingerprint density at radius 1 is 1.29 bits per heavy atom. The van der Waals surface area contributed by atoms with Crippen molar-refractivity contribution < 1.29 is 14.0 Å². The highest BCUT2D eigenvalue weighted by molar-refractivity contribution is 5.55. The van der Waals surface area contributed by atoms with E-state index >= 15 is 0 Å². The smallest absolute Gasteiger partial charge is 0.241 e. The van der Waals surface area contributed by atoms with E-state index in [2.05, 4.69) is 15.0 Å². The number of rotatable bonds is 6. The molecule has 1 aromatic carbocycles. The van der Waals surface area contributed by atoms with Gasteiger partial charge in [0, 0.05) is 31.8 Å². The van der Waals surface area contributed by atoms with Crippen LogP contribution in [-0.2, 0) is 11.3 Å². The van der Waals surface area contributed by atoms with Crippen LogP contribution in [0, 0.1) is 0 Å². The van der Waals surface area contributed by atoms with Gasteiger partial charge in [0.25, 0.3) is 0 Å². The van der Waals surface area contributed by atoms with E-state index in [1.165, 1.54) is 0 Å². The third-order valence-corrected chi connectivity index (χ3v) is 4.55. The van der Waals surface area contributed by atoms with Crippen LogP contribution in [0.5, 0.6) is 5.75 Å². The summed E-state index contributed by atoms with van der Waals surface area (Å²) in [4.78, 5) is 6.80. The Labute approximate surface area is 141 Å². The molecule has 0 radical (unpaired) electrons. The molecule has 0 saturated carbocycles. The molecule has 7 nitrogen and oxygen atoms in total. The van der Waals surface area contributed by atoms with Crippen LogP contribution in [0.2, 0.25) is 0 Å². The number of nitrogens with two attached hydrogens (primary N) is 1. The quantitative estimate of drug-likeness (QED) is 0.861. The second kappa shape index (κ2) is 7.74. The fraction of sp³-hybridized carbons (Fsp3) is 0.529. The number of hydrogen-bond donors (Lipinski definition) is 1. The van der Waals surface area contributed by atoms with Crippen molar-refractivity contribution in [2.24, 2.45) is 5.73 Å². The van der Waals surface area contributed by atoms with Crippen molar-refractivity contribution in [1.82, 2.24) is 15.0 Å². The zero-order valence-electron chi connectivity index (χ0n) is 14.1. The summed E-state index contributed by atoms with van der Waals surface area (Å²) in [6.07, 6.45) is 2.21. The van der Waals surface area contributed by atoms with Gasteiger partial charge in [0.1, 0.15) is 5.75 Å². The summed E-state index contributed by atoms with van der Waals surface area (Å²) in [7, 11) is 3.40. The summed E-state index contributed by atoms with van der Waals surface area (Å²) in [5.41, 5.74) is 6.81. The van der Waals surface area contributed by atoms with Crippen LogP contribution in [0.25, 0.3) is 11.4 Å². The van der Waals surface area contributed by atoms with E-state index in [0.29, 0.717) is 24.8 Å². The monoisotopic (exact) mass is 332 g/mol. The molecule has 1 aliphatic heterocycles. The normalized spacial score (nSPS) is 21.8. The van der Waals surface area contributed by atoms with E-state index < -0.39 is 0 Å². The van der Waals surface area contributed by atoms with Crippen molar-refractivity contribution >= 4 is 0 Å². The lowest BCUT2D eigenvalue weighted by molar-refractivity contribution is 0.00676. The van der Waals surface area contributed by atoms with Gasteiger partial charge in [-0.15, -0.1) is 0 Å². The summed E-state index contributed by atoms with van der Waals surface area (Å²) in [6, 6.07) is 7.87. The van der Waals surface area contributed by atoms with Crippen LogP contribution in [-0.4, -0.2) is 54.5 Å². The van der Waals surface area contributed by atoms with E-state index in [4.69, 9.17) is 19.7 Å². The molecule has 1 aliphatic rings. The minimum absolute atomic E-state index is 0.278. The summed E-state index contributed by atoms with van der Waals surface area (Å²) < 4.78 is 16.0. The lowest BCUT2D eigenvalue weighted by atomic mass is 9.99. The molecule has 0 amide bonds. The molecule has 1 fully saturated rings. The Hall–Kier alpha value is -1.96. The molecule has 7 heteroatoms. The molecule has 2 aromatic rings. The van der Waals surface area contributed by atoms with Gasteiger partial charge in [-0.25, -0.2) is 0 Å². The minimum atomic E-state index is 0.278. The van der Waals surface area contributed by atoms with Crippen molar-refractivity contribution in [2.75, 3.05) is 27.3 Å². The van der Waals surface area contributed by atoms with Crippen LogP contribution in [0.4, 0.5) is 0 Å². The molecule has 3 rings (SSSR count). The number of likely N-dealkylation sites (tertiary alicyclic amines) is 1. The van der Waals surface area contributed by atoms with Crippen molar-refractivity contribution in [3.05, 3.63) is 30.2 Å². The zero-order chi connectivity index (χ0) is 16.9. The Morgan fingerprint density at radius 3 is 2.75 bits per heavy atom. The lowest BCUT2D eigenvalue weighted by Gasteiger charge is -2.37. The van der Waals surface area contributed by atoms with Gasteiger partial charge < -0.3 is 19.7 Å². The Morgan fingerprint density at radius 2 is 2.08 bits per heavy atom. The molecule has 130 valence electrons. The summed E-state index contributed by atoms with van der Waals surface area (Å²) >= 11 is 0. The number of hydrogen-bond acceptors (Lipinski definition) is 7. The van der Waals surface area contributed by atoms with Gasteiger partial charge in [0.15, 0.2) is 0 Å². The fourth-order valence-electron chi connectivity index (χ4n) is 3.08. The first-order chi connectivity index (χ1) is 11.7. The van der Waals surface area contributed by atoms with Gasteiger partial charge >= 0.3 is 0 Å². The molecule has 0 aliphatic carbocycles. The van der Waals surface area contributed by atoms with Crippen LogP contribution < -0.4 is 10.5 Å². The summed E-state index contributed by atoms with van der Waals surface area (Å²) in [5, 5.41) is 4.08. The molecule has 24 heavy (non-hydrogen) atoms. The molecule has 1 saturated heterocycles. The van der Waals surface area contributed by atoms with E-state index in [1.54, 1.807) is 14.2 Å². The SMILES string of the molecule is COc1ccc(-c2noc(CN3CCC(OC)CC3CN)n2)cc1. The zero-order valence-corrected chi connectivity index (χ0v) is 14.1. The number of piperidine rings is 1. The average Bonchev–Trinajstić information content (AvgIpc) is 3.10. The van der Waals surface area contributed by atoms with Crippen molar-refractivity contribution in [1.29, 1.82) is 0 Å². The van der Waals surface area contributed by atoms with Gasteiger partial charge in [0.05, 0.1) is 19.8 Å². The van der Waals surface area contributed by atoms with Crippen molar-refractivity contribution in [2.45, 2.75) is 31.5 Å². The standard InChI is InChI=1S/C17H24N4O3/c1-22-14-5-3-12(4-6-14)17-19-16(24-20-17)11-21-8-7-15(23-2)9-13(21)10-18/h3-6,13,15H,7-11,18H2,1-2H3. The molecule has 2 heterocycles.